The molecule has 9 heteroatoms. The lowest BCUT2D eigenvalue weighted by molar-refractivity contribution is -0.141. The van der Waals surface area contributed by atoms with Crippen molar-refractivity contribution in [2.24, 2.45) is 0 Å². The lowest BCUT2D eigenvalue weighted by Gasteiger charge is -2.35. The summed E-state index contributed by atoms with van der Waals surface area (Å²) in [5, 5.41) is 0. The van der Waals surface area contributed by atoms with Crippen LogP contribution in [-0.4, -0.2) is 62.6 Å². The Balaban J connectivity index is 1.84. The predicted octanol–water partition coefficient (Wildman–Crippen LogP) is 2.34. The van der Waals surface area contributed by atoms with Gasteiger partial charge in [-0.25, -0.2) is 4.98 Å². The van der Waals surface area contributed by atoms with Crippen molar-refractivity contribution in [2.45, 2.75) is 31.0 Å². The van der Waals surface area contributed by atoms with Gasteiger partial charge in [0.05, 0.1) is 12.2 Å². The molecule has 0 radical (unpaired) electrons. The fourth-order valence-electron chi connectivity index (χ4n) is 3.17. The molecule has 25 heavy (non-hydrogen) atoms. The maximum absolute atomic E-state index is 13.2. The van der Waals surface area contributed by atoms with E-state index < -0.39 is 11.9 Å². The highest BCUT2D eigenvalue weighted by Gasteiger charge is 2.37. The van der Waals surface area contributed by atoms with Crippen molar-refractivity contribution in [1.29, 1.82) is 0 Å². The number of anilines is 2. The van der Waals surface area contributed by atoms with Gasteiger partial charge in [0.1, 0.15) is 5.82 Å². The monoisotopic (exact) mass is 360 g/mol. The Morgan fingerprint density at radius 2 is 1.80 bits per heavy atom. The van der Waals surface area contributed by atoms with Gasteiger partial charge in [-0.05, 0) is 19.3 Å². The Morgan fingerprint density at radius 3 is 2.44 bits per heavy atom. The fourth-order valence-corrected chi connectivity index (χ4v) is 3.17. The second-order valence-corrected chi connectivity index (χ2v) is 6.68. The summed E-state index contributed by atoms with van der Waals surface area (Å²) in [4.78, 5) is 11.4. The lowest BCUT2D eigenvalue weighted by atomic mass is 9.90. The highest BCUT2D eigenvalue weighted by Crippen LogP contribution is 2.33. The number of ether oxygens (including phenoxy) is 2. The molecular formula is C16H23F3N4O2. The molecule has 0 amide bonds. The molecule has 0 atom stereocenters. The standard InChI is InChI=1S/C16H23F3N4O2/c1-22(2)13-11-12(16(17,18)19)20-14(21-13)23-6-3-15(25-10-7-23)4-8-24-9-5-15/h11H,3-10H2,1-2H3. The van der Waals surface area contributed by atoms with Gasteiger partial charge in [0.25, 0.3) is 0 Å². The number of rotatable bonds is 2. The molecule has 0 aromatic carbocycles. The van der Waals surface area contributed by atoms with Gasteiger partial charge in [0.2, 0.25) is 5.95 Å². The smallest absolute Gasteiger partial charge is 0.381 e. The summed E-state index contributed by atoms with van der Waals surface area (Å²) in [6.07, 6.45) is -2.15. The third-order valence-corrected chi connectivity index (χ3v) is 4.74. The van der Waals surface area contributed by atoms with E-state index in [1.807, 2.05) is 0 Å². The van der Waals surface area contributed by atoms with E-state index in [0.717, 1.165) is 25.3 Å². The van der Waals surface area contributed by atoms with E-state index >= 15 is 0 Å². The summed E-state index contributed by atoms with van der Waals surface area (Å²) in [5.41, 5.74) is -1.16. The van der Waals surface area contributed by atoms with Crippen LogP contribution in [0.4, 0.5) is 24.9 Å². The molecule has 0 saturated carbocycles. The minimum atomic E-state index is -4.51. The van der Waals surface area contributed by atoms with E-state index in [2.05, 4.69) is 9.97 Å². The van der Waals surface area contributed by atoms with E-state index in [1.54, 1.807) is 23.9 Å². The van der Waals surface area contributed by atoms with Crippen molar-refractivity contribution in [3.63, 3.8) is 0 Å². The van der Waals surface area contributed by atoms with Gasteiger partial charge in [0.15, 0.2) is 5.69 Å². The molecule has 140 valence electrons. The summed E-state index contributed by atoms with van der Waals surface area (Å²) in [6, 6.07) is 0.970. The average molecular weight is 360 g/mol. The Morgan fingerprint density at radius 1 is 1.08 bits per heavy atom. The molecule has 3 rings (SSSR count). The van der Waals surface area contributed by atoms with Crippen molar-refractivity contribution < 1.29 is 22.6 Å². The molecule has 0 unspecified atom stereocenters. The third-order valence-electron chi connectivity index (χ3n) is 4.74. The Hall–Kier alpha value is -1.61. The quantitative estimate of drug-likeness (QED) is 0.807. The molecule has 0 aliphatic carbocycles. The SMILES string of the molecule is CN(C)c1cc(C(F)(F)F)nc(N2CCOC3(CCOCC3)CC2)n1. The van der Waals surface area contributed by atoms with Crippen LogP contribution >= 0.6 is 0 Å². The van der Waals surface area contributed by atoms with Crippen LogP contribution in [0, 0.1) is 0 Å². The summed E-state index contributed by atoms with van der Waals surface area (Å²) in [7, 11) is 3.32. The van der Waals surface area contributed by atoms with Crippen molar-refractivity contribution in [2.75, 3.05) is 56.8 Å². The van der Waals surface area contributed by atoms with E-state index in [-0.39, 0.29) is 17.4 Å². The molecule has 0 N–H and O–H groups in total. The minimum absolute atomic E-state index is 0.103. The molecule has 0 bridgehead atoms. The summed E-state index contributed by atoms with van der Waals surface area (Å²) in [6.45, 7) is 2.79. The van der Waals surface area contributed by atoms with E-state index in [0.29, 0.717) is 32.9 Å². The van der Waals surface area contributed by atoms with Crippen LogP contribution in [0.25, 0.3) is 0 Å². The van der Waals surface area contributed by atoms with Crippen molar-refractivity contribution in [3.8, 4) is 0 Å². The molecule has 2 aliphatic heterocycles. The highest BCUT2D eigenvalue weighted by atomic mass is 19.4. The molecule has 1 aromatic rings. The van der Waals surface area contributed by atoms with Crippen LogP contribution in [0.15, 0.2) is 6.07 Å². The van der Waals surface area contributed by atoms with Gasteiger partial charge in [-0.1, -0.05) is 0 Å². The number of nitrogens with zero attached hydrogens (tertiary/aromatic N) is 4. The van der Waals surface area contributed by atoms with Crippen LogP contribution < -0.4 is 9.80 Å². The van der Waals surface area contributed by atoms with E-state index in [4.69, 9.17) is 9.47 Å². The molecule has 2 aliphatic rings. The normalized spacial score (nSPS) is 21.2. The zero-order valence-corrected chi connectivity index (χ0v) is 14.5. The molecule has 2 fully saturated rings. The number of halogens is 3. The fraction of sp³-hybridized carbons (Fsp3) is 0.750. The highest BCUT2D eigenvalue weighted by molar-refractivity contribution is 5.45. The maximum Gasteiger partial charge on any atom is 0.433 e. The van der Waals surface area contributed by atoms with Crippen molar-refractivity contribution in [1.82, 2.24) is 9.97 Å². The zero-order chi connectivity index (χ0) is 18.1. The molecule has 1 aromatic heterocycles. The van der Waals surface area contributed by atoms with Gasteiger partial charge >= 0.3 is 6.18 Å². The molecular weight excluding hydrogens is 337 g/mol. The summed E-state index contributed by atoms with van der Waals surface area (Å²) < 4.78 is 51.0. The third kappa shape index (κ3) is 4.14. The molecule has 6 nitrogen and oxygen atoms in total. The van der Waals surface area contributed by atoms with Gasteiger partial charge < -0.3 is 19.3 Å². The average Bonchev–Trinajstić information content (AvgIpc) is 2.77. The zero-order valence-electron chi connectivity index (χ0n) is 14.5. The van der Waals surface area contributed by atoms with Crippen LogP contribution in [-0.2, 0) is 15.7 Å². The van der Waals surface area contributed by atoms with Crippen molar-refractivity contribution in [3.05, 3.63) is 11.8 Å². The number of hydrogen-bond acceptors (Lipinski definition) is 6. The number of hydrogen-bond donors (Lipinski definition) is 0. The largest absolute Gasteiger partial charge is 0.433 e. The predicted molar refractivity (Wildman–Crippen MR) is 86.9 cm³/mol. The maximum atomic E-state index is 13.2. The van der Waals surface area contributed by atoms with Crippen LogP contribution in [0.5, 0.6) is 0 Å². The van der Waals surface area contributed by atoms with E-state index in [9.17, 15) is 13.2 Å². The van der Waals surface area contributed by atoms with E-state index in [1.165, 1.54) is 0 Å². The number of alkyl halides is 3. The topological polar surface area (TPSA) is 50.7 Å². The van der Waals surface area contributed by atoms with Crippen LogP contribution in [0.2, 0.25) is 0 Å². The van der Waals surface area contributed by atoms with Crippen LogP contribution in [0.3, 0.4) is 0 Å². The van der Waals surface area contributed by atoms with Crippen molar-refractivity contribution >= 4 is 11.8 Å². The molecule has 1 spiro atoms. The first-order valence-electron chi connectivity index (χ1n) is 8.39. The minimum Gasteiger partial charge on any atom is -0.381 e. The Bertz CT molecular complexity index is 604. The second-order valence-electron chi connectivity index (χ2n) is 6.68. The second kappa shape index (κ2) is 6.95. The summed E-state index contributed by atoms with van der Waals surface area (Å²) in [5.74, 6) is 0.342. The summed E-state index contributed by atoms with van der Waals surface area (Å²) >= 11 is 0. The van der Waals surface area contributed by atoms with Gasteiger partial charge in [-0.15, -0.1) is 0 Å². The Kier molecular flexibility index (Phi) is 5.06. The first-order chi connectivity index (χ1) is 11.8. The van der Waals surface area contributed by atoms with Gasteiger partial charge in [0, 0.05) is 46.5 Å². The van der Waals surface area contributed by atoms with Gasteiger partial charge in [-0.3, -0.25) is 0 Å². The molecule has 3 heterocycles. The first-order valence-corrected chi connectivity index (χ1v) is 8.39. The lowest BCUT2D eigenvalue weighted by Crippen LogP contribution is -2.39. The van der Waals surface area contributed by atoms with Gasteiger partial charge in [-0.2, -0.15) is 18.2 Å². The molecule has 2 saturated heterocycles. The first kappa shape index (κ1) is 18.2. The Labute approximate surface area is 144 Å². The number of aromatic nitrogens is 2. The van der Waals surface area contributed by atoms with Crippen LogP contribution in [0.1, 0.15) is 25.0 Å².